The monoisotopic (exact) mass is 495 g/mol. The molecular formula is C30H25NO4S. The number of nitrogens with zero attached hydrogens (tertiary/aromatic N) is 1. The maximum Gasteiger partial charge on any atom is 0.233 e. The van der Waals surface area contributed by atoms with Gasteiger partial charge < -0.3 is 5.11 Å². The summed E-state index contributed by atoms with van der Waals surface area (Å²) in [6, 6.07) is 23.1. The van der Waals surface area contributed by atoms with Crippen LogP contribution in [-0.2, 0) is 20.4 Å². The summed E-state index contributed by atoms with van der Waals surface area (Å²) in [5.41, 5.74) is 2.27. The molecule has 1 heterocycles. The number of aromatic hydroxyl groups is 1. The highest BCUT2D eigenvalue weighted by molar-refractivity contribution is 7.89. The Kier molecular flexibility index (Phi) is 5.30. The first-order valence-electron chi connectivity index (χ1n) is 12.0. The van der Waals surface area contributed by atoms with Crippen molar-refractivity contribution in [1.82, 2.24) is 4.90 Å². The zero-order valence-electron chi connectivity index (χ0n) is 20.0. The Morgan fingerprint density at radius 3 is 2.00 bits per heavy atom. The second kappa shape index (κ2) is 8.42. The summed E-state index contributed by atoms with van der Waals surface area (Å²) >= 11 is 0. The van der Waals surface area contributed by atoms with Gasteiger partial charge in [0.15, 0.2) is 0 Å². The number of rotatable bonds is 3. The topological polar surface area (TPSA) is 74.7 Å². The van der Waals surface area contributed by atoms with E-state index < -0.39 is 16.7 Å². The second-order valence-electron chi connectivity index (χ2n) is 9.67. The van der Waals surface area contributed by atoms with Crippen molar-refractivity contribution in [2.75, 3.05) is 7.05 Å². The van der Waals surface area contributed by atoms with Crippen LogP contribution in [0.1, 0.15) is 19.8 Å². The molecule has 1 saturated heterocycles. The van der Waals surface area contributed by atoms with Crippen molar-refractivity contribution in [1.29, 1.82) is 0 Å². The van der Waals surface area contributed by atoms with Crippen LogP contribution in [0.3, 0.4) is 0 Å². The molecule has 1 fully saturated rings. The molecule has 0 saturated carbocycles. The average molecular weight is 496 g/mol. The van der Waals surface area contributed by atoms with E-state index in [1.165, 1.54) is 11.9 Å². The summed E-state index contributed by atoms with van der Waals surface area (Å²) in [6.07, 6.45) is 0.731. The van der Waals surface area contributed by atoms with Gasteiger partial charge in [-0.3, -0.25) is 14.5 Å². The van der Waals surface area contributed by atoms with Gasteiger partial charge in [0.2, 0.25) is 11.8 Å². The van der Waals surface area contributed by atoms with Gasteiger partial charge in [-0.25, -0.2) is 4.21 Å². The molecule has 0 bridgehead atoms. The van der Waals surface area contributed by atoms with Gasteiger partial charge >= 0.3 is 0 Å². The van der Waals surface area contributed by atoms with Crippen molar-refractivity contribution in [3.05, 3.63) is 83.3 Å². The molecular weight excluding hydrogens is 470 g/mol. The van der Waals surface area contributed by atoms with E-state index in [1.54, 1.807) is 6.07 Å². The highest BCUT2D eigenvalue weighted by Gasteiger charge is 2.48. The van der Waals surface area contributed by atoms with Crippen molar-refractivity contribution in [2.45, 2.75) is 24.7 Å². The third-order valence-corrected chi connectivity index (χ3v) is 9.36. The number of likely N-dealkylation sites (tertiary alicyclic amines) is 1. The first-order valence-corrected chi connectivity index (χ1v) is 13.2. The maximum atomic E-state index is 14.3. The zero-order valence-corrected chi connectivity index (χ0v) is 20.8. The minimum absolute atomic E-state index is 0.121. The van der Waals surface area contributed by atoms with Gasteiger partial charge in [0.1, 0.15) is 5.75 Å². The predicted octanol–water partition coefficient (Wildman–Crippen LogP) is 5.77. The van der Waals surface area contributed by atoms with Crippen LogP contribution < -0.4 is 0 Å². The number of hydrogen-bond donors (Lipinski definition) is 1. The minimum atomic E-state index is -1.58. The van der Waals surface area contributed by atoms with Gasteiger partial charge in [0.05, 0.1) is 27.5 Å². The van der Waals surface area contributed by atoms with E-state index in [1.807, 2.05) is 73.7 Å². The van der Waals surface area contributed by atoms with E-state index in [-0.39, 0.29) is 23.5 Å². The molecule has 0 radical (unpaired) electrons. The molecule has 4 aromatic carbocycles. The van der Waals surface area contributed by atoms with Crippen LogP contribution >= 0.6 is 0 Å². The Morgan fingerprint density at radius 2 is 1.33 bits per heavy atom. The number of benzene rings is 4. The van der Waals surface area contributed by atoms with Crippen LogP contribution in [0.4, 0.5) is 0 Å². The lowest BCUT2D eigenvalue weighted by Crippen LogP contribution is -2.26. The first kappa shape index (κ1) is 22.7. The minimum Gasteiger partial charge on any atom is -0.507 e. The Balaban J connectivity index is 1.58. The van der Waals surface area contributed by atoms with E-state index in [2.05, 4.69) is 0 Å². The van der Waals surface area contributed by atoms with E-state index >= 15 is 0 Å². The second-order valence-corrected chi connectivity index (χ2v) is 11.1. The quantitative estimate of drug-likeness (QED) is 0.366. The smallest absolute Gasteiger partial charge is 0.233 e. The summed E-state index contributed by atoms with van der Waals surface area (Å²) in [7, 11) is -0.0521. The fourth-order valence-electron chi connectivity index (χ4n) is 5.78. The molecule has 6 rings (SSSR count). The number of imide groups is 1. The van der Waals surface area contributed by atoms with Crippen LogP contribution in [0.5, 0.6) is 5.75 Å². The average Bonchev–Trinajstić information content (AvgIpc) is 3.10. The summed E-state index contributed by atoms with van der Waals surface area (Å²) in [4.78, 5) is 27.8. The van der Waals surface area contributed by atoms with Crippen LogP contribution in [0.15, 0.2) is 88.2 Å². The van der Waals surface area contributed by atoms with Gasteiger partial charge in [0.25, 0.3) is 0 Å². The molecule has 1 N–H and O–H groups in total. The van der Waals surface area contributed by atoms with Gasteiger partial charge in [-0.2, -0.15) is 0 Å². The van der Waals surface area contributed by atoms with Crippen LogP contribution in [0.25, 0.3) is 32.7 Å². The molecule has 0 spiro atoms. The van der Waals surface area contributed by atoms with Crippen LogP contribution in [0.2, 0.25) is 0 Å². The van der Waals surface area contributed by atoms with Crippen LogP contribution in [0, 0.1) is 11.8 Å². The van der Waals surface area contributed by atoms with E-state index in [0.29, 0.717) is 28.2 Å². The Bertz CT molecular complexity index is 1650. The Morgan fingerprint density at radius 1 is 0.778 bits per heavy atom. The summed E-state index contributed by atoms with van der Waals surface area (Å²) < 4.78 is 14.3. The SMILES string of the molecule is CC1=C(S(=O)c2ccc3ccccc3c2-c2c(O)ccc3ccccc23)C[C@H]2C(=O)N(C)C(=O)[C@H]2C1. The molecule has 36 heavy (non-hydrogen) atoms. The van der Waals surface area contributed by atoms with Gasteiger partial charge in [0, 0.05) is 23.1 Å². The van der Waals surface area contributed by atoms with Crippen LogP contribution in [-0.4, -0.2) is 33.1 Å². The molecule has 1 unspecified atom stereocenters. The predicted molar refractivity (Wildman–Crippen MR) is 142 cm³/mol. The fourth-order valence-corrected chi connectivity index (χ4v) is 7.37. The summed E-state index contributed by atoms with van der Waals surface area (Å²) in [5, 5.41) is 14.8. The normalized spacial score (nSPS) is 20.9. The number of phenolic OH excluding ortho intramolecular Hbond substituents is 1. The number of carbonyl (C=O) groups is 2. The molecule has 5 nitrogen and oxygen atoms in total. The third-order valence-electron chi connectivity index (χ3n) is 7.66. The molecule has 6 heteroatoms. The lowest BCUT2D eigenvalue weighted by molar-refractivity contribution is -0.138. The Labute approximate surface area is 211 Å². The van der Waals surface area contributed by atoms with Crippen molar-refractivity contribution < 1.29 is 18.9 Å². The molecule has 2 amide bonds. The zero-order chi connectivity index (χ0) is 25.1. The van der Waals surface area contributed by atoms with E-state index in [4.69, 9.17) is 0 Å². The third kappa shape index (κ3) is 3.32. The molecule has 180 valence electrons. The van der Waals surface area contributed by atoms with Crippen molar-refractivity contribution in [3.63, 3.8) is 0 Å². The molecule has 1 aliphatic heterocycles. The van der Waals surface area contributed by atoms with Crippen molar-refractivity contribution in [2.24, 2.45) is 11.8 Å². The molecule has 4 aromatic rings. The Hall–Kier alpha value is -3.77. The largest absolute Gasteiger partial charge is 0.507 e. The molecule has 2 aliphatic rings. The number of carbonyl (C=O) groups excluding carboxylic acids is 2. The van der Waals surface area contributed by atoms with Crippen molar-refractivity contribution in [3.8, 4) is 16.9 Å². The summed E-state index contributed by atoms with van der Waals surface area (Å²) in [5.74, 6) is -1.07. The number of allylic oxidation sites excluding steroid dienone is 2. The molecule has 1 aliphatic carbocycles. The number of fused-ring (bicyclic) bond motifs is 3. The number of phenols is 1. The first-order chi connectivity index (χ1) is 17.4. The molecule has 0 aromatic heterocycles. The van der Waals surface area contributed by atoms with Gasteiger partial charge in [-0.1, -0.05) is 66.2 Å². The lowest BCUT2D eigenvalue weighted by atomic mass is 9.81. The number of amides is 2. The van der Waals surface area contributed by atoms with E-state index in [0.717, 1.165) is 32.7 Å². The van der Waals surface area contributed by atoms with E-state index in [9.17, 15) is 18.9 Å². The summed E-state index contributed by atoms with van der Waals surface area (Å²) in [6.45, 7) is 1.91. The van der Waals surface area contributed by atoms with Crippen molar-refractivity contribution >= 4 is 44.2 Å². The standard InChI is InChI=1S/C30H25NO4S/c1-17-15-22-23(30(34)31(2)29(22)33)16-26(17)36(35)25-14-12-19-8-4-6-10-21(19)28(25)27-20-9-5-3-7-18(20)11-13-24(27)32/h3-14,22-23,32H,15-16H2,1-2H3/t22-,23+,36?/m0/s1. The highest BCUT2D eigenvalue weighted by Crippen LogP contribution is 2.47. The molecule has 3 atom stereocenters. The van der Waals surface area contributed by atoms with Gasteiger partial charge in [-0.05, 0) is 53.4 Å². The lowest BCUT2D eigenvalue weighted by Gasteiger charge is -2.26. The highest BCUT2D eigenvalue weighted by atomic mass is 32.2. The maximum absolute atomic E-state index is 14.3. The fraction of sp³-hybridized carbons (Fsp3) is 0.200. The number of hydrogen-bond acceptors (Lipinski definition) is 4. The van der Waals surface area contributed by atoms with Gasteiger partial charge in [-0.15, -0.1) is 0 Å².